The summed E-state index contributed by atoms with van der Waals surface area (Å²) in [5.74, 6) is 0.0958. The first-order valence-electron chi connectivity index (χ1n) is 10.0. The largest absolute Gasteiger partial charge is 0.353 e. The normalized spacial score (nSPS) is 26.9. The fourth-order valence-corrected chi connectivity index (χ4v) is 4.05. The molecule has 2 saturated heterocycles. The Bertz CT molecular complexity index is 737. The molecule has 1 aliphatic carbocycles. The van der Waals surface area contributed by atoms with Gasteiger partial charge in [0.1, 0.15) is 0 Å². The van der Waals surface area contributed by atoms with E-state index in [1.807, 2.05) is 30.3 Å². The highest BCUT2D eigenvalue weighted by molar-refractivity contribution is 5.89. The Morgan fingerprint density at radius 1 is 1.11 bits per heavy atom. The van der Waals surface area contributed by atoms with Crippen molar-refractivity contribution in [2.75, 3.05) is 18.4 Å². The number of nitrogens with one attached hydrogen (secondary N) is 4. The van der Waals surface area contributed by atoms with Gasteiger partial charge in [-0.15, -0.1) is 0 Å². The minimum atomic E-state index is -0.267. The molecule has 3 fully saturated rings. The lowest BCUT2D eigenvalue weighted by Gasteiger charge is -2.37. The van der Waals surface area contributed by atoms with Gasteiger partial charge in [0.15, 0.2) is 0 Å². The van der Waals surface area contributed by atoms with Crippen LogP contribution in [-0.4, -0.2) is 60.0 Å². The van der Waals surface area contributed by atoms with E-state index in [-0.39, 0.29) is 36.0 Å². The summed E-state index contributed by atoms with van der Waals surface area (Å²) in [4.78, 5) is 38.7. The summed E-state index contributed by atoms with van der Waals surface area (Å²) in [5, 5.41) is 11.8. The molecule has 0 spiro atoms. The van der Waals surface area contributed by atoms with Crippen molar-refractivity contribution in [1.29, 1.82) is 0 Å². The maximum atomic E-state index is 12.3. The molecule has 1 saturated carbocycles. The fraction of sp³-hybridized carbons (Fsp3) is 0.550. The minimum Gasteiger partial charge on any atom is -0.353 e. The molecule has 1 aromatic carbocycles. The Kier molecular flexibility index (Phi) is 5.47. The summed E-state index contributed by atoms with van der Waals surface area (Å²) in [6.07, 6.45) is 3.92. The summed E-state index contributed by atoms with van der Waals surface area (Å²) in [6.45, 7) is 1.17. The molecule has 0 radical (unpaired) electrons. The quantitative estimate of drug-likeness (QED) is 0.582. The molecular formula is C20H27N5O3. The van der Waals surface area contributed by atoms with E-state index in [1.165, 1.54) is 0 Å². The molecule has 28 heavy (non-hydrogen) atoms. The van der Waals surface area contributed by atoms with Gasteiger partial charge in [0.25, 0.3) is 0 Å². The van der Waals surface area contributed by atoms with Gasteiger partial charge in [-0.2, -0.15) is 0 Å². The molecule has 8 heteroatoms. The molecular weight excluding hydrogens is 358 g/mol. The molecule has 4 rings (SSSR count). The lowest BCUT2D eigenvalue weighted by atomic mass is 10.0. The average molecular weight is 385 g/mol. The Morgan fingerprint density at radius 3 is 2.64 bits per heavy atom. The summed E-state index contributed by atoms with van der Waals surface area (Å²) in [7, 11) is 0. The molecule has 3 atom stereocenters. The first-order valence-corrected chi connectivity index (χ1v) is 10.0. The summed E-state index contributed by atoms with van der Waals surface area (Å²) >= 11 is 0. The maximum Gasteiger partial charge on any atom is 0.319 e. The van der Waals surface area contributed by atoms with Crippen LogP contribution in [0.15, 0.2) is 30.3 Å². The standard InChI is InChI=1S/C20H27N5O3/c26-18(22-14-6-7-14)9-8-16-11-21-19(27)17-10-15(12-25(16)17)24-20(28)23-13-4-2-1-3-5-13/h1-5,14-17H,6-12H2,(H,21,27)(H,22,26)(H2,23,24,28)/t15-,16+,17-/m0/s1. The molecule has 2 aliphatic heterocycles. The third-order valence-electron chi connectivity index (χ3n) is 5.64. The number of fused-ring (bicyclic) bond motifs is 1. The van der Waals surface area contributed by atoms with E-state index >= 15 is 0 Å². The van der Waals surface area contributed by atoms with E-state index in [2.05, 4.69) is 26.2 Å². The van der Waals surface area contributed by atoms with Crippen molar-refractivity contribution < 1.29 is 14.4 Å². The van der Waals surface area contributed by atoms with Crippen LogP contribution in [0.2, 0.25) is 0 Å². The predicted octanol–water partition coefficient (Wildman–Crippen LogP) is 0.808. The molecule has 3 aliphatic rings. The Labute approximate surface area is 164 Å². The molecule has 150 valence electrons. The molecule has 4 amide bonds. The van der Waals surface area contributed by atoms with Crippen LogP contribution in [0.5, 0.6) is 0 Å². The van der Waals surface area contributed by atoms with E-state index in [4.69, 9.17) is 0 Å². The number of carbonyl (C=O) groups is 3. The number of carbonyl (C=O) groups excluding carboxylic acids is 3. The van der Waals surface area contributed by atoms with E-state index in [0.29, 0.717) is 38.4 Å². The molecule has 0 unspecified atom stereocenters. The van der Waals surface area contributed by atoms with Gasteiger partial charge < -0.3 is 21.3 Å². The number of hydrogen-bond acceptors (Lipinski definition) is 4. The van der Waals surface area contributed by atoms with Gasteiger partial charge in [-0.1, -0.05) is 18.2 Å². The van der Waals surface area contributed by atoms with Crippen LogP contribution in [0.25, 0.3) is 0 Å². The zero-order valence-electron chi connectivity index (χ0n) is 15.8. The number of anilines is 1. The number of nitrogens with zero attached hydrogens (tertiary/aromatic N) is 1. The highest BCUT2D eigenvalue weighted by atomic mass is 16.2. The summed E-state index contributed by atoms with van der Waals surface area (Å²) < 4.78 is 0. The smallest absolute Gasteiger partial charge is 0.319 e. The lowest BCUT2D eigenvalue weighted by Crippen LogP contribution is -2.58. The Hall–Kier alpha value is -2.61. The number of benzene rings is 1. The minimum absolute atomic E-state index is 0.00597. The molecule has 2 heterocycles. The van der Waals surface area contributed by atoms with Gasteiger partial charge in [-0.3, -0.25) is 14.5 Å². The van der Waals surface area contributed by atoms with Crippen molar-refractivity contribution in [3.63, 3.8) is 0 Å². The van der Waals surface area contributed by atoms with Crippen LogP contribution < -0.4 is 21.3 Å². The van der Waals surface area contributed by atoms with Gasteiger partial charge in [-0.25, -0.2) is 4.79 Å². The molecule has 8 nitrogen and oxygen atoms in total. The van der Waals surface area contributed by atoms with Gasteiger partial charge in [0, 0.05) is 43.3 Å². The summed E-state index contributed by atoms with van der Waals surface area (Å²) in [5.41, 5.74) is 0.730. The Morgan fingerprint density at radius 2 is 1.89 bits per heavy atom. The number of hydrogen-bond donors (Lipinski definition) is 4. The third kappa shape index (κ3) is 4.62. The maximum absolute atomic E-state index is 12.3. The van der Waals surface area contributed by atoms with Crippen LogP contribution >= 0.6 is 0 Å². The molecule has 1 aromatic rings. The van der Waals surface area contributed by atoms with E-state index in [0.717, 1.165) is 18.5 Å². The first-order chi connectivity index (χ1) is 13.6. The Balaban J connectivity index is 1.29. The number of piperazine rings is 1. The van der Waals surface area contributed by atoms with Crippen LogP contribution in [0, 0.1) is 0 Å². The molecule has 4 N–H and O–H groups in total. The molecule has 0 bridgehead atoms. The van der Waals surface area contributed by atoms with Crippen molar-refractivity contribution in [1.82, 2.24) is 20.9 Å². The highest BCUT2D eigenvalue weighted by Gasteiger charge is 2.43. The second-order valence-electron chi connectivity index (χ2n) is 7.89. The van der Waals surface area contributed by atoms with Crippen molar-refractivity contribution in [3.8, 4) is 0 Å². The SMILES string of the molecule is O=C(CC[C@@H]1CNC(=O)[C@@H]2C[C@H](NC(=O)Nc3ccccc3)CN12)NC1CC1. The number of amides is 4. The average Bonchev–Trinajstić information content (AvgIpc) is 3.38. The third-order valence-corrected chi connectivity index (χ3v) is 5.64. The van der Waals surface area contributed by atoms with Crippen LogP contribution in [0.1, 0.15) is 32.1 Å². The zero-order valence-corrected chi connectivity index (χ0v) is 15.8. The van der Waals surface area contributed by atoms with Gasteiger partial charge in [-0.05, 0) is 37.8 Å². The van der Waals surface area contributed by atoms with E-state index in [1.54, 1.807) is 0 Å². The highest BCUT2D eigenvalue weighted by Crippen LogP contribution is 2.26. The lowest BCUT2D eigenvalue weighted by molar-refractivity contribution is -0.129. The van der Waals surface area contributed by atoms with Crippen LogP contribution in [-0.2, 0) is 9.59 Å². The first kappa shape index (κ1) is 18.7. The van der Waals surface area contributed by atoms with Crippen molar-refractivity contribution >= 4 is 23.5 Å². The second kappa shape index (κ2) is 8.18. The van der Waals surface area contributed by atoms with Gasteiger partial charge >= 0.3 is 6.03 Å². The van der Waals surface area contributed by atoms with Gasteiger partial charge in [0.05, 0.1) is 6.04 Å². The van der Waals surface area contributed by atoms with E-state index < -0.39 is 0 Å². The number of urea groups is 1. The van der Waals surface area contributed by atoms with Gasteiger partial charge in [0.2, 0.25) is 11.8 Å². The monoisotopic (exact) mass is 385 g/mol. The van der Waals surface area contributed by atoms with Crippen molar-refractivity contribution in [3.05, 3.63) is 30.3 Å². The van der Waals surface area contributed by atoms with Crippen LogP contribution in [0.3, 0.4) is 0 Å². The predicted molar refractivity (Wildman–Crippen MR) is 105 cm³/mol. The number of rotatable bonds is 6. The van der Waals surface area contributed by atoms with Crippen molar-refractivity contribution in [2.45, 2.75) is 56.3 Å². The topological polar surface area (TPSA) is 103 Å². The van der Waals surface area contributed by atoms with E-state index in [9.17, 15) is 14.4 Å². The summed E-state index contributed by atoms with van der Waals surface area (Å²) in [6, 6.07) is 9.15. The second-order valence-corrected chi connectivity index (χ2v) is 7.89. The zero-order chi connectivity index (χ0) is 19.5. The fourth-order valence-electron chi connectivity index (χ4n) is 4.05. The van der Waals surface area contributed by atoms with Crippen molar-refractivity contribution in [2.24, 2.45) is 0 Å². The van der Waals surface area contributed by atoms with Crippen LogP contribution in [0.4, 0.5) is 10.5 Å². The molecule has 0 aromatic heterocycles. The number of para-hydroxylation sites is 1.